The second kappa shape index (κ2) is 5.32. The molecule has 16 heavy (non-hydrogen) atoms. The minimum atomic E-state index is -0.114. The number of hydrogen-bond acceptors (Lipinski definition) is 2. The van der Waals surface area contributed by atoms with E-state index in [0.29, 0.717) is 5.92 Å². The van der Waals surface area contributed by atoms with Gasteiger partial charge in [-0.15, -0.1) is 0 Å². The smallest absolute Gasteiger partial charge is 0.0635 e. The Kier molecular flexibility index (Phi) is 4.03. The van der Waals surface area contributed by atoms with E-state index in [9.17, 15) is 5.11 Å². The molecule has 1 heterocycles. The fraction of sp³-hybridized carbons (Fsp3) is 0.750. The first kappa shape index (κ1) is 12.1. The predicted molar refractivity (Wildman–Crippen MR) is 67.3 cm³/mol. The number of hydrogen-bond donors (Lipinski definition) is 1. The van der Waals surface area contributed by atoms with E-state index < -0.39 is 0 Å². The first-order valence-electron chi connectivity index (χ1n) is 6.10. The lowest BCUT2D eigenvalue weighted by atomic mass is 10.1. The molecule has 1 aliphatic carbocycles. The van der Waals surface area contributed by atoms with Crippen LogP contribution >= 0.6 is 15.9 Å². The molecule has 0 spiro atoms. The Bertz CT molecular complexity index is 347. The van der Waals surface area contributed by atoms with Gasteiger partial charge in [0, 0.05) is 6.54 Å². The lowest BCUT2D eigenvalue weighted by Crippen LogP contribution is -2.13. The summed E-state index contributed by atoms with van der Waals surface area (Å²) in [5.41, 5.74) is 1.22. The lowest BCUT2D eigenvalue weighted by molar-refractivity contribution is 0.141. The van der Waals surface area contributed by atoms with Gasteiger partial charge in [-0.05, 0) is 54.0 Å². The summed E-state index contributed by atoms with van der Waals surface area (Å²) in [6.07, 6.45) is 7.02. The van der Waals surface area contributed by atoms with Gasteiger partial charge in [-0.1, -0.05) is 6.92 Å². The molecule has 1 aromatic rings. The van der Waals surface area contributed by atoms with Crippen LogP contribution < -0.4 is 0 Å². The molecule has 0 radical (unpaired) electrons. The molecule has 1 unspecified atom stereocenters. The molecule has 1 N–H and O–H groups in total. The Balaban J connectivity index is 1.93. The number of aryl methyl sites for hydroxylation is 1. The van der Waals surface area contributed by atoms with E-state index in [1.807, 2.05) is 10.9 Å². The van der Waals surface area contributed by atoms with Crippen molar-refractivity contribution in [2.24, 2.45) is 5.92 Å². The van der Waals surface area contributed by atoms with E-state index in [1.54, 1.807) is 0 Å². The van der Waals surface area contributed by atoms with Crippen LogP contribution in [0.4, 0.5) is 0 Å². The predicted octanol–water partition coefficient (Wildman–Crippen LogP) is 2.76. The van der Waals surface area contributed by atoms with Crippen molar-refractivity contribution in [1.82, 2.24) is 9.78 Å². The summed E-state index contributed by atoms with van der Waals surface area (Å²) in [6, 6.07) is 0. The highest BCUT2D eigenvalue weighted by molar-refractivity contribution is 9.10. The lowest BCUT2D eigenvalue weighted by Gasteiger charge is -2.10. The highest BCUT2D eigenvalue weighted by Gasteiger charge is 2.29. The molecule has 1 aromatic heterocycles. The van der Waals surface area contributed by atoms with Gasteiger partial charge < -0.3 is 5.11 Å². The highest BCUT2D eigenvalue weighted by atomic mass is 79.9. The van der Waals surface area contributed by atoms with Crippen molar-refractivity contribution in [2.45, 2.75) is 51.7 Å². The topological polar surface area (TPSA) is 38.0 Å². The van der Waals surface area contributed by atoms with Crippen LogP contribution in [0.25, 0.3) is 0 Å². The van der Waals surface area contributed by atoms with Gasteiger partial charge in [0.2, 0.25) is 0 Å². The average Bonchev–Trinajstić information content (AvgIpc) is 3.04. The molecular weight excluding hydrogens is 268 g/mol. The molecule has 0 aliphatic heterocycles. The summed E-state index contributed by atoms with van der Waals surface area (Å²) in [5.74, 6) is 0.571. The molecule has 4 heteroatoms. The van der Waals surface area contributed by atoms with Gasteiger partial charge in [-0.2, -0.15) is 5.10 Å². The van der Waals surface area contributed by atoms with Crippen molar-refractivity contribution < 1.29 is 5.11 Å². The van der Waals surface area contributed by atoms with Crippen molar-refractivity contribution in [3.8, 4) is 0 Å². The maximum Gasteiger partial charge on any atom is 0.0635 e. The first-order chi connectivity index (χ1) is 7.72. The summed E-state index contributed by atoms with van der Waals surface area (Å²) in [5, 5.41) is 14.2. The molecule has 1 aliphatic rings. The normalized spacial score (nSPS) is 17.7. The summed E-state index contributed by atoms with van der Waals surface area (Å²) in [7, 11) is 0. The Morgan fingerprint density at radius 1 is 1.62 bits per heavy atom. The Hall–Kier alpha value is -0.350. The van der Waals surface area contributed by atoms with Crippen molar-refractivity contribution in [1.29, 1.82) is 0 Å². The maximum absolute atomic E-state index is 9.85. The van der Waals surface area contributed by atoms with E-state index in [4.69, 9.17) is 0 Å². The number of aliphatic hydroxyl groups is 1. The molecule has 1 fully saturated rings. The zero-order valence-electron chi connectivity index (χ0n) is 9.69. The van der Waals surface area contributed by atoms with E-state index in [1.165, 1.54) is 18.5 Å². The van der Waals surface area contributed by atoms with E-state index in [0.717, 1.165) is 30.3 Å². The SMILES string of the molecule is CCCn1ncc(Br)c1CCC(O)C1CC1. The fourth-order valence-electron chi connectivity index (χ4n) is 2.04. The van der Waals surface area contributed by atoms with Crippen LogP contribution in [0.3, 0.4) is 0 Å². The Morgan fingerprint density at radius 3 is 3.00 bits per heavy atom. The standard InChI is InChI=1S/C12H19BrN2O/c1-2-7-15-11(10(13)8-14-15)5-6-12(16)9-3-4-9/h8-9,12,16H,2-7H2,1H3. The Labute approximate surface area is 105 Å². The zero-order valence-corrected chi connectivity index (χ0v) is 11.3. The number of rotatable bonds is 6. The van der Waals surface area contributed by atoms with Crippen LogP contribution in [-0.4, -0.2) is 21.0 Å². The monoisotopic (exact) mass is 286 g/mol. The number of halogens is 1. The molecular formula is C12H19BrN2O. The van der Waals surface area contributed by atoms with Gasteiger partial charge in [-0.25, -0.2) is 0 Å². The van der Waals surface area contributed by atoms with Crippen LogP contribution in [0.2, 0.25) is 0 Å². The van der Waals surface area contributed by atoms with Gasteiger partial charge in [0.15, 0.2) is 0 Å². The molecule has 1 atom stereocenters. The second-order valence-electron chi connectivity index (χ2n) is 4.61. The number of nitrogens with zero attached hydrogens (tertiary/aromatic N) is 2. The summed E-state index contributed by atoms with van der Waals surface area (Å²) < 4.78 is 3.12. The molecule has 1 saturated carbocycles. The molecule has 0 amide bonds. The Morgan fingerprint density at radius 2 is 2.38 bits per heavy atom. The van der Waals surface area contributed by atoms with E-state index >= 15 is 0 Å². The van der Waals surface area contributed by atoms with Crippen LogP contribution in [-0.2, 0) is 13.0 Å². The molecule has 3 nitrogen and oxygen atoms in total. The van der Waals surface area contributed by atoms with Crippen molar-refractivity contribution >= 4 is 15.9 Å². The van der Waals surface area contributed by atoms with Crippen LogP contribution in [0, 0.1) is 5.92 Å². The van der Waals surface area contributed by atoms with Crippen LogP contribution in [0.1, 0.15) is 38.3 Å². The van der Waals surface area contributed by atoms with Crippen LogP contribution in [0.5, 0.6) is 0 Å². The zero-order chi connectivity index (χ0) is 11.5. The van der Waals surface area contributed by atoms with Crippen molar-refractivity contribution in [3.63, 3.8) is 0 Å². The minimum Gasteiger partial charge on any atom is -0.393 e. The summed E-state index contributed by atoms with van der Waals surface area (Å²) in [6.45, 7) is 3.11. The van der Waals surface area contributed by atoms with Gasteiger partial charge >= 0.3 is 0 Å². The molecule has 0 saturated heterocycles. The van der Waals surface area contributed by atoms with Crippen LogP contribution in [0.15, 0.2) is 10.7 Å². The minimum absolute atomic E-state index is 0.114. The number of aromatic nitrogens is 2. The van der Waals surface area contributed by atoms with E-state index in [2.05, 4.69) is 28.0 Å². The molecule has 0 aromatic carbocycles. The van der Waals surface area contributed by atoms with Gasteiger partial charge in [0.05, 0.1) is 22.5 Å². The molecule has 0 bridgehead atoms. The second-order valence-corrected chi connectivity index (χ2v) is 5.46. The van der Waals surface area contributed by atoms with Gasteiger partial charge in [-0.3, -0.25) is 4.68 Å². The van der Waals surface area contributed by atoms with Gasteiger partial charge in [0.1, 0.15) is 0 Å². The third-order valence-corrected chi connectivity index (χ3v) is 3.84. The van der Waals surface area contributed by atoms with Crippen molar-refractivity contribution in [2.75, 3.05) is 0 Å². The molecule has 90 valence electrons. The largest absolute Gasteiger partial charge is 0.393 e. The fourth-order valence-corrected chi connectivity index (χ4v) is 2.54. The van der Waals surface area contributed by atoms with Crippen molar-refractivity contribution in [3.05, 3.63) is 16.4 Å². The first-order valence-corrected chi connectivity index (χ1v) is 6.90. The molecule has 2 rings (SSSR count). The summed E-state index contributed by atoms with van der Waals surface area (Å²) in [4.78, 5) is 0. The highest BCUT2D eigenvalue weighted by Crippen LogP contribution is 2.34. The maximum atomic E-state index is 9.85. The third-order valence-electron chi connectivity index (χ3n) is 3.18. The third kappa shape index (κ3) is 2.86. The van der Waals surface area contributed by atoms with Gasteiger partial charge in [0.25, 0.3) is 0 Å². The summed E-state index contributed by atoms with van der Waals surface area (Å²) >= 11 is 3.52. The van der Waals surface area contributed by atoms with E-state index in [-0.39, 0.29) is 6.10 Å². The quantitative estimate of drug-likeness (QED) is 0.873. The number of aliphatic hydroxyl groups excluding tert-OH is 1. The average molecular weight is 287 g/mol.